The third-order valence-corrected chi connectivity index (χ3v) is 4.97. The first-order chi connectivity index (χ1) is 10.9. The van der Waals surface area contributed by atoms with Crippen molar-refractivity contribution in [3.8, 4) is 0 Å². The van der Waals surface area contributed by atoms with E-state index >= 15 is 0 Å². The Kier molecular flexibility index (Phi) is 5.92. The van der Waals surface area contributed by atoms with Crippen LogP contribution in [0.3, 0.4) is 0 Å². The minimum Gasteiger partial charge on any atom is -0.383 e. The summed E-state index contributed by atoms with van der Waals surface area (Å²) < 4.78 is 7.83. The molecule has 23 heavy (non-hydrogen) atoms. The Morgan fingerprint density at radius 3 is 2.57 bits per heavy atom. The summed E-state index contributed by atoms with van der Waals surface area (Å²) >= 11 is 1.72. The molecule has 126 valence electrons. The van der Waals surface area contributed by atoms with E-state index in [1.165, 1.54) is 28.1 Å². The Bertz CT molecular complexity index is 776. The summed E-state index contributed by atoms with van der Waals surface area (Å²) in [6, 6.07) is 3.63. The third-order valence-electron chi connectivity index (χ3n) is 3.96. The van der Waals surface area contributed by atoms with Crippen LogP contribution in [-0.2, 0) is 31.9 Å². The van der Waals surface area contributed by atoms with Gasteiger partial charge >= 0.3 is 5.69 Å². The van der Waals surface area contributed by atoms with Gasteiger partial charge in [0.2, 0.25) is 0 Å². The molecule has 2 aromatic rings. The van der Waals surface area contributed by atoms with E-state index in [0.717, 1.165) is 17.7 Å². The van der Waals surface area contributed by atoms with E-state index in [1.807, 2.05) is 0 Å². The average Bonchev–Trinajstić information content (AvgIpc) is 2.93. The fraction of sp³-hybridized carbons (Fsp3) is 0.500. The molecule has 0 saturated carbocycles. The Labute approximate surface area is 139 Å². The number of hydrogen-bond donors (Lipinski definition) is 0. The molecule has 0 saturated heterocycles. The second-order valence-electron chi connectivity index (χ2n) is 5.60. The van der Waals surface area contributed by atoms with Crippen LogP contribution in [0.4, 0.5) is 0 Å². The van der Waals surface area contributed by atoms with Crippen molar-refractivity contribution in [1.82, 2.24) is 14.0 Å². The Balaban J connectivity index is 2.26. The maximum absolute atomic E-state index is 12.1. The van der Waals surface area contributed by atoms with Crippen molar-refractivity contribution in [3.63, 3.8) is 0 Å². The summed E-state index contributed by atoms with van der Waals surface area (Å²) in [6.07, 6.45) is 0. The van der Waals surface area contributed by atoms with Crippen molar-refractivity contribution < 1.29 is 4.74 Å². The highest BCUT2D eigenvalue weighted by Crippen LogP contribution is 2.18. The molecule has 0 aromatic carbocycles. The normalized spacial score (nSPS) is 11.3. The summed E-state index contributed by atoms with van der Waals surface area (Å²) in [5.74, 6) is 0. The van der Waals surface area contributed by atoms with E-state index in [0.29, 0.717) is 18.8 Å². The number of hydrogen-bond acceptors (Lipinski definition) is 5. The first-order valence-corrected chi connectivity index (χ1v) is 8.32. The van der Waals surface area contributed by atoms with Crippen molar-refractivity contribution in [2.75, 3.05) is 20.3 Å². The Hall–Kier alpha value is -1.70. The molecule has 2 aromatic heterocycles. The van der Waals surface area contributed by atoms with Crippen molar-refractivity contribution in [2.24, 2.45) is 14.1 Å². The third kappa shape index (κ3) is 4.19. The van der Waals surface area contributed by atoms with Gasteiger partial charge in [-0.1, -0.05) is 0 Å². The lowest BCUT2D eigenvalue weighted by Crippen LogP contribution is -2.39. The maximum Gasteiger partial charge on any atom is 0.330 e. The van der Waals surface area contributed by atoms with Crippen LogP contribution in [-0.4, -0.2) is 34.3 Å². The predicted molar refractivity (Wildman–Crippen MR) is 92.0 cm³/mol. The lowest BCUT2D eigenvalue weighted by molar-refractivity contribution is 0.139. The molecule has 7 heteroatoms. The van der Waals surface area contributed by atoms with E-state index in [1.54, 1.807) is 25.5 Å². The lowest BCUT2D eigenvalue weighted by Gasteiger charge is -2.23. The van der Waals surface area contributed by atoms with Gasteiger partial charge in [0.05, 0.1) is 6.61 Å². The number of ether oxygens (including phenoxy) is 1. The van der Waals surface area contributed by atoms with Gasteiger partial charge in [0, 0.05) is 57.5 Å². The summed E-state index contributed by atoms with van der Waals surface area (Å²) in [5, 5.41) is 2.08. The fourth-order valence-electron chi connectivity index (χ4n) is 2.36. The van der Waals surface area contributed by atoms with Crippen LogP contribution in [0.25, 0.3) is 0 Å². The smallest absolute Gasteiger partial charge is 0.330 e. The van der Waals surface area contributed by atoms with Gasteiger partial charge in [0.25, 0.3) is 5.56 Å². The van der Waals surface area contributed by atoms with E-state index in [-0.39, 0.29) is 11.2 Å². The number of aryl methyl sites for hydroxylation is 1. The van der Waals surface area contributed by atoms with Gasteiger partial charge < -0.3 is 4.74 Å². The Morgan fingerprint density at radius 2 is 1.96 bits per heavy atom. The molecule has 0 N–H and O–H groups in total. The number of methoxy groups -OCH3 is 1. The van der Waals surface area contributed by atoms with Crippen LogP contribution in [0.1, 0.15) is 16.1 Å². The first-order valence-electron chi connectivity index (χ1n) is 7.44. The summed E-state index contributed by atoms with van der Waals surface area (Å²) in [5.41, 5.74) is 1.40. The van der Waals surface area contributed by atoms with Gasteiger partial charge in [-0.2, -0.15) is 0 Å². The van der Waals surface area contributed by atoms with Crippen LogP contribution in [0.15, 0.2) is 27.1 Å². The molecule has 0 bridgehead atoms. The minimum absolute atomic E-state index is 0.276. The zero-order valence-electron chi connectivity index (χ0n) is 14.0. The zero-order valence-corrected chi connectivity index (χ0v) is 14.9. The van der Waals surface area contributed by atoms with E-state index in [9.17, 15) is 9.59 Å². The molecule has 0 fully saturated rings. The molecule has 2 rings (SSSR count). The molecule has 0 aliphatic heterocycles. The molecular weight excluding hydrogens is 314 g/mol. The topological polar surface area (TPSA) is 56.5 Å². The quantitative estimate of drug-likeness (QED) is 0.759. The van der Waals surface area contributed by atoms with E-state index < -0.39 is 0 Å². The predicted octanol–water partition coefficient (Wildman–Crippen LogP) is 1.10. The number of rotatable bonds is 7. The summed E-state index contributed by atoms with van der Waals surface area (Å²) in [6.45, 7) is 4.73. The second kappa shape index (κ2) is 7.72. The van der Waals surface area contributed by atoms with Crippen molar-refractivity contribution >= 4 is 11.3 Å². The highest BCUT2D eigenvalue weighted by atomic mass is 32.1. The summed E-state index contributed by atoms with van der Waals surface area (Å²) in [7, 11) is 4.86. The monoisotopic (exact) mass is 337 g/mol. The summed E-state index contributed by atoms with van der Waals surface area (Å²) in [4.78, 5) is 27.4. The van der Waals surface area contributed by atoms with Crippen LogP contribution in [0, 0.1) is 6.92 Å². The highest BCUT2D eigenvalue weighted by molar-refractivity contribution is 7.10. The van der Waals surface area contributed by atoms with Gasteiger partial charge in [-0.05, 0) is 23.9 Å². The van der Waals surface area contributed by atoms with Crippen molar-refractivity contribution in [2.45, 2.75) is 20.0 Å². The molecule has 0 unspecified atom stereocenters. The first kappa shape index (κ1) is 17.7. The van der Waals surface area contributed by atoms with E-state index in [2.05, 4.69) is 23.3 Å². The van der Waals surface area contributed by atoms with Crippen LogP contribution in [0.2, 0.25) is 0 Å². The van der Waals surface area contributed by atoms with Crippen molar-refractivity contribution in [1.29, 1.82) is 0 Å². The average molecular weight is 337 g/mol. The largest absolute Gasteiger partial charge is 0.383 e. The van der Waals surface area contributed by atoms with Gasteiger partial charge in [-0.3, -0.25) is 18.8 Å². The number of aromatic nitrogens is 2. The molecule has 6 nitrogen and oxygen atoms in total. The Morgan fingerprint density at radius 1 is 1.22 bits per heavy atom. The van der Waals surface area contributed by atoms with Crippen molar-refractivity contribution in [3.05, 3.63) is 54.5 Å². The van der Waals surface area contributed by atoms with E-state index in [4.69, 9.17) is 4.74 Å². The van der Waals surface area contributed by atoms with Crippen LogP contribution < -0.4 is 11.2 Å². The zero-order chi connectivity index (χ0) is 17.0. The number of thiophene rings is 1. The maximum atomic E-state index is 12.1. The van der Waals surface area contributed by atoms with Gasteiger partial charge in [0.15, 0.2) is 0 Å². The standard InChI is InChI=1S/C16H23N3O3S/c1-12-5-8-23-14(12)11-19(6-7-22-4)10-13-9-15(20)18(3)16(21)17(13)2/h5,8-9H,6-7,10-11H2,1-4H3. The molecule has 0 aliphatic carbocycles. The fourth-order valence-corrected chi connectivity index (χ4v) is 3.31. The van der Waals surface area contributed by atoms with Crippen LogP contribution >= 0.6 is 11.3 Å². The van der Waals surface area contributed by atoms with Crippen LogP contribution in [0.5, 0.6) is 0 Å². The lowest BCUT2D eigenvalue weighted by atomic mass is 10.2. The minimum atomic E-state index is -0.300. The highest BCUT2D eigenvalue weighted by Gasteiger charge is 2.13. The molecular formula is C16H23N3O3S. The number of nitrogens with zero attached hydrogens (tertiary/aromatic N) is 3. The van der Waals surface area contributed by atoms with Gasteiger partial charge in [0.1, 0.15) is 0 Å². The molecule has 0 aliphatic rings. The molecule has 0 radical (unpaired) electrons. The van der Waals surface area contributed by atoms with Gasteiger partial charge in [-0.15, -0.1) is 11.3 Å². The molecule has 0 atom stereocenters. The molecule has 0 amide bonds. The SMILES string of the molecule is COCCN(Cc1sccc1C)Cc1cc(=O)n(C)c(=O)n1C. The molecule has 2 heterocycles. The molecule has 0 spiro atoms. The second-order valence-corrected chi connectivity index (χ2v) is 6.61. The van der Waals surface area contributed by atoms with Gasteiger partial charge in [-0.25, -0.2) is 4.79 Å².